The summed E-state index contributed by atoms with van der Waals surface area (Å²) in [4.78, 5) is 19.4. The first-order chi connectivity index (χ1) is 15.0. The molecule has 4 aromatic heterocycles. The zero-order valence-corrected chi connectivity index (χ0v) is 16.1. The molecule has 4 aromatic rings. The Morgan fingerprint density at radius 3 is 2.28 bits per heavy atom. The number of hydrogen-bond donors (Lipinski definition) is 1. The van der Waals surface area contributed by atoms with Crippen molar-refractivity contribution in [3.63, 3.8) is 0 Å². The van der Waals surface area contributed by atoms with Crippen molar-refractivity contribution in [1.29, 1.82) is 0 Å². The number of aryl methyl sites for hydroxylation is 1. The molecular weight excluding hydrogens is 438 g/mol. The molecule has 0 saturated heterocycles. The van der Waals surface area contributed by atoms with Crippen LogP contribution >= 0.6 is 0 Å². The molecule has 0 spiro atoms. The first-order valence-electron chi connectivity index (χ1n) is 8.98. The molecule has 32 heavy (non-hydrogen) atoms. The SMILES string of the molecule is Cc1cc(Nc2ccc(C(F)(F)F)cn2)c2ccc(-c3ncncc3C(F)(F)F)nc2n1. The summed E-state index contributed by atoms with van der Waals surface area (Å²) in [5.74, 6) is 0.143. The van der Waals surface area contributed by atoms with Crippen LogP contribution in [0.1, 0.15) is 16.8 Å². The van der Waals surface area contributed by atoms with Crippen molar-refractivity contribution < 1.29 is 26.3 Å². The molecule has 0 atom stereocenters. The van der Waals surface area contributed by atoms with E-state index in [1.54, 1.807) is 13.0 Å². The summed E-state index contributed by atoms with van der Waals surface area (Å²) >= 11 is 0. The highest BCUT2D eigenvalue weighted by atomic mass is 19.4. The Balaban J connectivity index is 1.75. The van der Waals surface area contributed by atoms with Gasteiger partial charge in [-0.25, -0.2) is 24.9 Å². The van der Waals surface area contributed by atoms with Crippen LogP contribution in [0.5, 0.6) is 0 Å². The quantitative estimate of drug-likeness (QED) is 0.411. The standard InChI is InChI=1S/C20H12F6N6/c1-10-6-15(31-16-5-2-11(7-28-16)19(21,22)23)12-3-4-14(32-18(12)30-10)17-13(20(24,25)26)8-27-9-29-17/h2-9H,1H3,(H,28,30,31,32). The second-order valence-corrected chi connectivity index (χ2v) is 6.72. The molecule has 4 heterocycles. The monoisotopic (exact) mass is 450 g/mol. The van der Waals surface area contributed by atoms with Crippen molar-refractivity contribution in [2.24, 2.45) is 0 Å². The number of hydrogen-bond acceptors (Lipinski definition) is 6. The highest BCUT2D eigenvalue weighted by Gasteiger charge is 2.35. The third-order valence-electron chi connectivity index (χ3n) is 4.41. The van der Waals surface area contributed by atoms with Crippen LogP contribution < -0.4 is 5.32 Å². The molecule has 4 rings (SSSR count). The Morgan fingerprint density at radius 2 is 1.62 bits per heavy atom. The van der Waals surface area contributed by atoms with E-state index in [1.165, 1.54) is 18.2 Å². The van der Waals surface area contributed by atoms with Gasteiger partial charge in [-0.05, 0) is 37.3 Å². The van der Waals surface area contributed by atoms with E-state index < -0.39 is 29.2 Å². The molecular formula is C20H12F6N6. The van der Waals surface area contributed by atoms with Crippen molar-refractivity contribution in [3.8, 4) is 11.4 Å². The molecule has 0 radical (unpaired) electrons. The van der Waals surface area contributed by atoms with Crippen LogP contribution in [0.15, 0.2) is 49.1 Å². The Labute approximate surface area is 176 Å². The van der Waals surface area contributed by atoms with Gasteiger partial charge >= 0.3 is 12.4 Å². The maximum atomic E-state index is 13.3. The third-order valence-corrected chi connectivity index (χ3v) is 4.41. The normalized spacial score (nSPS) is 12.2. The fraction of sp³-hybridized carbons (Fsp3) is 0.150. The van der Waals surface area contributed by atoms with Crippen molar-refractivity contribution in [2.45, 2.75) is 19.3 Å². The predicted molar refractivity (Wildman–Crippen MR) is 103 cm³/mol. The lowest BCUT2D eigenvalue weighted by molar-refractivity contribution is -0.138. The van der Waals surface area contributed by atoms with Gasteiger partial charge in [0.05, 0.1) is 16.9 Å². The molecule has 0 fully saturated rings. The van der Waals surface area contributed by atoms with E-state index in [4.69, 9.17) is 0 Å². The van der Waals surface area contributed by atoms with Crippen LogP contribution in [0.4, 0.5) is 37.8 Å². The number of alkyl halides is 6. The van der Waals surface area contributed by atoms with Gasteiger partial charge in [-0.2, -0.15) is 26.3 Å². The zero-order valence-electron chi connectivity index (χ0n) is 16.1. The number of nitrogens with zero attached hydrogens (tertiary/aromatic N) is 5. The highest BCUT2D eigenvalue weighted by Crippen LogP contribution is 2.36. The minimum absolute atomic E-state index is 0.0519. The molecule has 164 valence electrons. The predicted octanol–water partition coefficient (Wildman–Crippen LogP) is 5.57. The number of aromatic nitrogens is 5. The fourth-order valence-corrected chi connectivity index (χ4v) is 2.98. The van der Waals surface area contributed by atoms with E-state index in [-0.39, 0.29) is 17.2 Å². The van der Waals surface area contributed by atoms with Crippen LogP contribution in [0, 0.1) is 6.92 Å². The van der Waals surface area contributed by atoms with E-state index in [1.807, 2.05) is 0 Å². The number of pyridine rings is 3. The number of rotatable bonds is 3. The van der Waals surface area contributed by atoms with Crippen molar-refractivity contribution in [1.82, 2.24) is 24.9 Å². The molecule has 0 aliphatic carbocycles. The number of halogens is 6. The molecule has 0 unspecified atom stereocenters. The molecule has 0 amide bonds. The van der Waals surface area contributed by atoms with Gasteiger partial charge in [-0.1, -0.05) is 0 Å². The summed E-state index contributed by atoms with van der Waals surface area (Å²) in [6.07, 6.45) is -6.83. The zero-order chi connectivity index (χ0) is 23.1. The maximum absolute atomic E-state index is 13.3. The number of fused-ring (bicyclic) bond motifs is 1. The van der Waals surface area contributed by atoms with Gasteiger partial charge < -0.3 is 5.32 Å². The van der Waals surface area contributed by atoms with Crippen molar-refractivity contribution in [2.75, 3.05) is 5.32 Å². The van der Waals surface area contributed by atoms with Crippen LogP contribution in [-0.4, -0.2) is 24.9 Å². The van der Waals surface area contributed by atoms with E-state index in [0.717, 1.165) is 12.4 Å². The van der Waals surface area contributed by atoms with Crippen molar-refractivity contribution in [3.05, 3.63) is 65.9 Å². The molecule has 0 saturated carbocycles. The Bertz CT molecular complexity index is 1280. The Kier molecular flexibility index (Phi) is 5.15. The molecule has 6 nitrogen and oxygen atoms in total. The highest BCUT2D eigenvalue weighted by molar-refractivity contribution is 5.92. The summed E-state index contributed by atoms with van der Waals surface area (Å²) in [6.45, 7) is 1.64. The van der Waals surface area contributed by atoms with Gasteiger partial charge in [0.15, 0.2) is 5.65 Å². The summed E-state index contributed by atoms with van der Waals surface area (Å²) in [5.41, 5.74) is -1.33. The van der Waals surface area contributed by atoms with Crippen LogP contribution in [0.25, 0.3) is 22.4 Å². The molecule has 0 aliphatic heterocycles. The topological polar surface area (TPSA) is 76.5 Å². The third kappa shape index (κ3) is 4.29. The van der Waals surface area contributed by atoms with Gasteiger partial charge in [0.25, 0.3) is 0 Å². The van der Waals surface area contributed by atoms with Crippen LogP contribution in [-0.2, 0) is 12.4 Å². The lowest BCUT2D eigenvalue weighted by Gasteiger charge is -2.13. The first-order valence-corrected chi connectivity index (χ1v) is 8.98. The second-order valence-electron chi connectivity index (χ2n) is 6.72. The Hall–Kier alpha value is -3.83. The summed E-state index contributed by atoms with van der Waals surface area (Å²) in [5, 5.41) is 3.33. The lowest BCUT2D eigenvalue weighted by Crippen LogP contribution is -2.10. The van der Waals surface area contributed by atoms with E-state index >= 15 is 0 Å². The minimum Gasteiger partial charge on any atom is -0.340 e. The molecule has 12 heteroatoms. The number of nitrogens with one attached hydrogen (secondary N) is 1. The maximum Gasteiger partial charge on any atom is 0.420 e. The van der Waals surface area contributed by atoms with Gasteiger partial charge in [-0.15, -0.1) is 0 Å². The largest absolute Gasteiger partial charge is 0.420 e. The first kappa shape index (κ1) is 21.4. The molecule has 0 aromatic carbocycles. The smallest absolute Gasteiger partial charge is 0.340 e. The average Bonchev–Trinajstić information content (AvgIpc) is 2.72. The minimum atomic E-state index is -4.67. The van der Waals surface area contributed by atoms with Crippen molar-refractivity contribution >= 4 is 22.5 Å². The van der Waals surface area contributed by atoms with Gasteiger partial charge in [0.1, 0.15) is 23.4 Å². The van der Waals surface area contributed by atoms with Gasteiger partial charge in [0, 0.05) is 23.5 Å². The van der Waals surface area contributed by atoms with E-state index in [0.29, 0.717) is 29.2 Å². The molecule has 0 aliphatic rings. The second kappa shape index (κ2) is 7.70. The summed E-state index contributed by atoms with van der Waals surface area (Å²) < 4.78 is 78.1. The summed E-state index contributed by atoms with van der Waals surface area (Å²) in [6, 6.07) is 6.52. The van der Waals surface area contributed by atoms with Gasteiger partial charge in [0.2, 0.25) is 0 Å². The van der Waals surface area contributed by atoms with Crippen LogP contribution in [0.2, 0.25) is 0 Å². The van der Waals surface area contributed by atoms with Crippen LogP contribution in [0.3, 0.4) is 0 Å². The molecule has 0 bridgehead atoms. The summed E-state index contributed by atoms with van der Waals surface area (Å²) in [7, 11) is 0. The van der Waals surface area contributed by atoms with Gasteiger partial charge in [-0.3, -0.25) is 0 Å². The Morgan fingerprint density at radius 1 is 0.844 bits per heavy atom. The van der Waals surface area contributed by atoms with E-state index in [2.05, 4.69) is 30.2 Å². The average molecular weight is 450 g/mol. The van der Waals surface area contributed by atoms with E-state index in [9.17, 15) is 26.3 Å². The molecule has 1 N–H and O–H groups in total. The number of anilines is 2. The lowest BCUT2D eigenvalue weighted by atomic mass is 10.1. The fourth-order valence-electron chi connectivity index (χ4n) is 2.98.